The first-order valence-corrected chi connectivity index (χ1v) is 6.40. The Morgan fingerprint density at radius 3 is 2.56 bits per heavy atom. The van der Waals surface area contributed by atoms with Crippen LogP contribution >= 0.6 is 11.6 Å². The third kappa shape index (κ3) is 3.03. The molecule has 1 N–H and O–H groups in total. The summed E-state index contributed by atoms with van der Waals surface area (Å²) in [5.74, 6) is -0.828. The van der Waals surface area contributed by atoms with Crippen LogP contribution in [-0.2, 0) is 4.79 Å². The quantitative estimate of drug-likeness (QED) is 0.888. The van der Waals surface area contributed by atoms with Gasteiger partial charge in [-0.25, -0.2) is 0 Å². The van der Waals surface area contributed by atoms with Crippen molar-refractivity contribution in [3.8, 4) is 0 Å². The van der Waals surface area contributed by atoms with Gasteiger partial charge < -0.3 is 5.11 Å². The van der Waals surface area contributed by atoms with Gasteiger partial charge in [-0.1, -0.05) is 30.7 Å². The van der Waals surface area contributed by atoms with Gasteiger partial charge in [0.2, 0.25) is 0 Å². The Kier molecular flexibility index (Phi) is 4.77. The molecule has 1 atom stereocenters. The molecule has 0 aliphatic heterocycles. The molecule has 1 aromatic carbocycles. The van der Waals surface area contributed by atoms with Crippen molar-refractivity contribution in [2.75, 3.05) is 7.05 Å². The summed E-state index contributed by atoms with van der Waals surface area (Å²) in [6, 6.07) is 7.62. The highest BCUT2D eigenvalue weighted by Crippen LogP contribution is 2.30. The van der Waals surface area contributed by atoms with Crippen molar-refractivity contribution < 1.29 is 9.90 Å². The summed E-state index contributed by atoms with van der Waals surface area (Å²) in [5.41, 5.74) is 0.130. The van der Waals surface area contributed by atoms with E-state index >= 15 is 0 Å². The minimum atomic E-state index is -0.914. The van der Waals surface area contributed by atoms with E-state index in [4.69, 9.17) is 11.6 Å². The lowest BCUT2D eigenvalue weighted by atomic mass is 9.96. The van der Waals surface area contributed by atoms with Crippen molar-refractivity contribution in [1.82, 2.24) is 4.90 Å². The molecule has 0 spiro atoms. The second-order valence-corrected chi connectivity index (χ2v) is 5.39. The fraction of sp³-hybridized carbons (Fsp3) is 0.500. The summed E-state index contributed by atoms with van der Waals surface area (Å²) < 4.78 is 0. The third-order valence-electron chi connectivity index (χ3n) is 3.49. The maximum Gasteiger partial charge on any atom is 0.323 e. The molecule has 0 bridgehead atoms. The summed E-state index contributed by atoms with van der Waals surface area (Å²) >= 11 is 5.99. The van der Waals surface area contributed by atoms with Crippen molar-refractivity contribution in [3.63, 3.8) is 0 Å². The molecule has 3 nitrogen and oxygen atoms in total. The number of rotatable bonds is 5. The molecule has 0 aliphatic carbocycles. The number of halogens is 1. The Morgan fingerprint density at radius 1 is 1.50 bits per heavy atom. The molecular weight excluding hydrogens is 250 g/mol. The number of hydrogen-bond donors (Lipinski definition) is 1. The van der Waals surface area contributed by atoms with E-state index in [0.29, 0.717) is 5.02 Å². The van der Waals surface area contributed by atoms with Gasteiger partial charge >= 0.3 is 5.97 Å². The number of likely N-dealkylation sites (N-methyl/N-ethyl adjacent to an activating group) is 1. The first-order chi connectivity index (χ1) is 8.30. The molecule has 0 aromatic heterocycles. The van der Waals surface area contributed by atoms with Crippen LogP contribution in [0.5, 0.6) is 0 Å². The minimum absolute atomic E-state index is 0.0369. The number of nitrogens with zero attached hydrogens (tertiary/aromatic N) is 1. The highest BCUT2D eigenvalue weighted by Gasteiger charge is 2.36. The lowest BCUT2D eigenvalue weighted by Crippen LogP contribution is -2.49. The van der Waals surface area contributed by atoms with E-state index in [1.165, 1.54) is 0 Å². The van der Waals surface area contributed by atoms with Crippen LogP contribution in [0.25, 0.3) is 0 Å². The normalized spacial score (nSPS) is 13.7. The molecule has 1 aromatic rings. The zero-order valence-corrected chi connectivity index (χ0v) is 12.0. The summed E-state index contributed by atoms with van der Waals surface area (Å²) in [7, 11) is 1.84. The lowest BCUT2D eigenvalue weighted by Gasteiger charge is -2.38. The van der Waals surface area contributed by atoms with Gasteiger partial charge in [0.25, 0.3) is 0 Å². The molecule has 1 unspecified atom stereocenters. The van der Waals surface area contributed by atoms with E-state index in [9.17, 15) is 9.90 Å². The zero-order chi connectivity index (χ0) is 13.9. The first kappa shape index (κ1) is 15.0. The Morgan fingerprint density at radius 2 is 2.11 bits per heavy atom. The van der Waals surface area contributed by atoms with Crippen LogP contribution in [0, 0.1) is 0 Å². The van der Waals surface area contributed by atoms with E-state index in [2.05, 4.69) is 0 Å². The standard InChI is InChI=1S/C14H20ClNO2/c1-5-12(10-7-6-8-11(15)9-10)16(4)14(2,3)13(17)18/h6-9,12H,5H2,1-4H3,(H,17,18). The zero-order valence-electron chi connectivity index (χ0n) is 11.3. The number of carboxylic acid groups (broad SMARTS) is 1. The predicted octanol–water partition coefficient (Wildman–Crippen LogP) is 3.59. The molecule has 0 fully saturated rings. The van der Waals surface area contributed by atoms with Gasteiger partial charge in [-0.3, -0.25) is 9.69 Å². The summed E-state index contributed by atoms with van der Waals surface area (Å²) in [5, 5.41) is 9.96. The summed E-state index contributed by atoms with van der Waals surface area (Å²) in [4.78, 5) is 13.2. The van der Waals surface area contributed by atoms with Crippen molar-refractivity contribution in [2.45, 2.75) is 38.8 Å². The number of carbonyl (C=O) groups is 1. The van der Waals surface area contributed by atoms with E-state index < -0.39 is 11.5 Å². The lowest BCUT2D eigenvalue weighted by molar-refractivity contribution is -0.150. The molecule has 0 heterocycles. The molecular formula is C14H20ClNO2. The summed E-state index contributed by atoms with van der Waals surface area (Å²) in [6.45, 7) is 5.46. The van der Waals surface area contributed by atoms with E-state index in [1.54, 1.807) is 13.8 Å². The van der Waals surface area contributed by atoms with Gasteiger partial charge in [0, 0.05) is 11.1 Å². The molecule has 100 valence electrons. The van der Waals surface area contributed by atoms with E-state index in [-0.39, 0.29) is 6.04 Å². The Hall–Kier alpha value is -1.06. The second kappa shape index (κ2) is 5.72. The fourth-order valence-corrected chi connectivity index (χ4v) is 2.19. The SMILES string of the molecule is CCC(c1cccc(Cl)c1)N(C)C(C)(C)C(=O)O. The monoisotopic (exact) mass is 269 g/mol. The van der Waals surface area contributed by atoms with Crippen molar-refractivity contribution in [1.29, 1.82) is 0 Å². The van der Waals surface area contributed by atoms with Crippen LogP contribution < -0.4 is 0 Å². The van der Waals surface area contributed by atoms with Crippen LogP contribution in [-0.4, -0.2) is 28.6 Å². The number of aliphatic carboxylic acids is 1. The molecule has 0 saturated heterocycles. The van der Waals surface area contributed by atoms with Gasteiger partial charge in [-0.05, 0) is 45.0 Å². The average Bonchev–Trinajstić information content (AvgIpc) is 2.29. The van der Waals surface area contributed by atoms with Gasteiger partial charge in [0.15, 0.2) is 0 Å². The molecule has 1 rings (SSSR count). The van der Waals surface area contributed by atoms with E-state index in [1.807, 2.05) is 43.1 Å². The van der Waals surface area contributed by atoms with Crippen molar-refractivity contribution in [2.24, 2.45) is 0 Å². The topological polar surface area (TPSA) is 40.5 Å². The van der Waals surface area contributed by atoms with Gasteiger partial charge in [-0.15, -0.1) is 0 Å². The van der Waals surface area contributed by atoms with Crippen LogP contribution in [0.15, 0.2) is 24.3 Å². The maximum absolute atomic E-state index is 11.3. The molecule has 0 radical (unpaired) electrons. The van der Waals surface area contributed by atoms with Crippen molar-refractivity contribution in [3.05, 3.63) is 34.9 Å². The van der Waals surface area contributed by atoms with Gasteiger partial charge in [-0.2, -0.15) is 0 Å². The highest BCUT2D eigenvalue weighted by molar-refractivity contribution is 6.30. The Labute approximate surface area is 113 Å². The molecule has 4 heteroatoms. The molecule has 0 amide bonds. The third-order valence-corrected chi connectivity index (χ3v) is 3.73. The van der Waals surface area contributed by atoms with Crippen molar-refractivity contribution >= 4 is 17.6 Å². The molecule has 0 saturated carbocycles. The van der Waals surface area contributed by atoms with Crippen LogP contribution in [0.3, 0.4) is 0 Å². The highest BCUT2D eigenvalue weighted by atomic mass is 35.5. The first-order valence-electron chi connectivity index (χ1n) is 6.02. The Balaban J connectivity index is 3.07. The summed E-state index contributed by atoms with van der Waals surface area (Å²) in [6.07, 6.45) is 0.827. The molecule has 18 heavy (non-hydrogen) atoms. The number of carboxylic acids is 1. The van der Waals surface area contributed by atoms with Gasteiger partial charge in [0.1, 0.15) is 5.54 Å². The van der Waals surface area contributed by atoms with Crippen LogP contribution in [0.2, 0.25) is 5.02 Å². The van der Waals surface area contributed by atoms with E-state index in [0.717, 1.165) is 12.0 Å². The number of hydrogen-bond acceptors (Lipinski definition) is 2. The number of benzene rings is 1. The Bertz CT molecular complexity index is 432. The predicted molar refractivity (Wildman–Crippen MR) is 74.0 cm³/mol. The molecule has 0 aliphatic rings. The van der Waals surface area contributed by atoms with Crippen LogP contribution in [0.1, 0.15) is 38.8 Å². The van der Waals surface area contributed by atoms with Crippen LogP contribution in [0.4, 0.5) is 0 Å². The van der Waals surface area contributed by atoms with Gasteiger partial charge in [0.05, 0.1) is 0 Å². The maximum atomic E-state index is 11.3. The second-order valence-electron chi connectivity index (χ2n) is 4.95. The smallest absolute Gasteiger partial charge is 0.323 e. The minimum Gasteiger partial charge on any atom is -0.480 e. The largest absolute Gasteiger partial charge is 0.480 e. The average molecular weight is 270 g/mol. The fourth-order valence-electron chi connectivity index (χ4n) is 1.99.